The van der Waals surface area contributed by atoms with E-state index in [-0.39, 0.29) is 0 Å². The Morgan fingerprint density at radius 1 is 1.18 bits per heavy atom. The normalized spacial score (nSPS) is 11.1. The average molecular weight is 344 g/mol. The predicted octanol–water partition coefficient (Wildman–Crippen LogP) is 5.67. The van der Waals surface area contributed by atoms with E-state index < -0.39 is 17.7 Å². The van der Waals surface area contributed by atoms with Crippen molar-refractivity contribution in [2.75, 3.05) is 0 Å². The van der Waals surface area contributed by atoms with Crippen molar-refractivity contribution in [2.24, 2.45) is 0 Å². The van der Waals surface area contributed by atoms with Crippen LogP contribution in [-0.2, 0) is 6.18 Å². The minimum atomic E-state index is -4.25. The Labute approximate surface area is 132 Å². The number of fused-ring (bicyclic) bond motifs is 1. The van der Waals surface area contributed by atoms with Gasteiger partial charge in [-0.1, -0.05) is 6.07 Å². The highest BCUT2D eigenvalue weighted by atomic mass is 32.1. The van der Waals surface area contributed by atoms with Gasteiger partial charge >= 0.3 is 12.1 Å². The summed E-state index contributed by atoms with van der Waals surface area (Å²) in [6.45, 7) is 1.89. The van der Waals surface area contributed by atoms with Gasteiger partial charge in [0, 0.05) is 9.58 Å². The average Bonchev–Trinajstić information content (AvgIpc) is 3.05. The SMILES string of the molecule is Cc1cc2cc(C(F)(F)F)ccc2s1.O=C(O)c1cccs1. The quantitative estimate of drug-likeness (QED) is 0.617. The van der Waals surface area contributed by atoms with Crippen LogP contribution in [0, 0.1) is 6.92 Å². The third-order valence-corrected chi connectivity index (χ3v) is 4.59. The van der Waals surface area contributed by atoms with Crippen LogP contribution >= 0.6 is 22.7 Å². The van der Waals surface area contributed by atoms with Gasteiger partial charge in [0.25, 0.3) is 0 Å². The zero-order chi connectivity index (χ0) is 16.3. The van der Waals surface area contributed by atoms with E-state index in [2.05, 4.69) is 0 Å². The summed E-state index contributed by atoms with van der Waals surface area (Å²) >= 11 is 2.74. The Kier molecular flexibility index (Phi) is 4.87. The molecule has 3 aromatic rings. The molecule has 0 aliphatic carbocycles. The Morgan fingerprint density at radius 2 is 1.91 bits per heavy atom. The van der Waals surface area contributed by atoms with Crippen LogP contribution in [0.25, 0.3) is 10.1 Å². The van der Waals surface area contributed by atoms with Gasteiger partial charge in [0.15, 0.2) is 0 Å². The molecule has 0 atom stereocenters. The fourth-order valence-corrected chi connectivity index (χ4v) is 3.22. The van der Waals surface area contributed by atoms with Crippen LogP contribution in [-0.4, -0.2) is 11.1 Å². The lowest BCUT2D eigenvalue weighted by molar-refractivity contribution is -0.137. The van der Waals surface area contributed by atoms with Gasteiger partial charge in [-0.2, -0.15) is 13.2 Å². The van der Waals surface area contributed by atoms with Crippen molar-refractivity contribution >= 4 is 38.7 Å². The second kappa shape index (κ2) is 6.50. The highest BCUT2D eigenvalue weighted by molar-refractivity contribution is 7.19. The van der Waals surface area contributed by atoms with E-state index >= 15 is 0 Å². The fourth-order valence-electron chi connectivity index (χ4n) is 1.75. The molecule has 0 spiro atoms. The lowest BCUT2D eigenvalue weighted by Crippen LogP contribution is -2.03. The first kappa shape index (κ1) is 16.5. The standard InChI is InChI=1S/C10H7F3S.C5H4O2S/c1-6-4-7-5-8(10(11,12)13)2-3-9(7)14-6;6-5(7)4-2-1-3-8-4/h2-5H,1H3;1-3H,(H,6,7). The maximum Gasteiger partial charge on any atom is 0.416 e. The first-order valence-electron chi connectivity index (χ1n) is 6.11. The van der Waals surface area contributed by atoms with Gasteiger partial charge in [-0.05, 0) is 48.0 Å². The third kappa shape index (κ3) is 4.08. The van der Waals surface area contributed by atoms with Crippen molar-refractivity contribution in [3.63, 3.8) is 0 Å². The molecule has 0 saturated heterocycles. The molecule has 0 aliphatic heterocycles. The summed E-state index contributed by atoms with van der Waals surface area (Å²) in [6, 6.07) is 8.91. The molecule has 7 heteroatoms. The molecular weight excluding hydrogens is 333 g/mol. The van der Waals surface area contributed by atoms with Crippen molar-refractivity contribution in [3.8, 4) is 0 Å². The van der Waals surface area contributed by atoms with E-state index in [4.69, 9.17) is 5.11 Å². The number of benzene rings is 1. The van der Waals surface area contributed by atoms with Crippen LogP contribution in [0.4, 0.5) is 13.2 Å². The zero-order valence-corrected chi connectivity index (χ0v) is 13.0. The predicted molar refractivity (Wildman–Crippen MR) is 82.8 cm³/mol. The molecule has 0 amide bonds. The third-order valence-electron chi connectivity index (χ3n) is 2.70. The van der Waals surface area contributed by atoms with Gasteiger partial charge in [0.1, 0.15) is 4.88 Å². The number of alkyl halides is 3. The molecule has 0 bridgehead atoms. The summed E-state index contributed by atoms with van der Waals surface area (Å²) in [5.41, 5.74) is -0.581. The van der Waals surface area contributed by atoms with E-state index in [9.17, 15) is 18.0 Å². The van der Waals surface area contributed by atoms with E-state index in [0.29, 0.717) is 10.3 Å². The molecule has 0 aliphatic rings. The van der Waals surface area contributed by atoms with Crippen molar-refractivity contribution in [1.82, 2.24) is 0 Å². The van der Waals surface area contributed by atoms with E-state index in [0.717, 1.165) is 15.6 Å². The number of halogens is 3. The minimum Gasteiger partial charge on any atom is -0.477 e. The van der Waals surface area contributed by atoms with Crippen molar-refractivity contribution < 1.29 is 23.1 Å². The summed E-state index contributed by atoms with van der Waals surface area (Å²) in [7, 11) is 0. The molecule has 22 heavy (non-hydrogen) atoms. The Morgan fingerprint density at radius 3 is 2.41 bits per heavy atom. The molecule has 0 fully saturated rings. The molecule has 2 aromatic heterocycles. The number of carbonyl (C=O) groups is 1. The first-order chi connectivity index (χ1) is 10.3. The summed E-state index contributed by atoms with van der Waals surface area (Å²) in [6.07, 6.45) is -4.25. The van der Waals surface area contributed by atoms with Crippen LogP contribution in [0.5, 0.6) is 0 Å². The van der Waals surface area contributed by atoms with Gasteiger partial charge in [-0.25, -0.2) is 4.79 Å². The maximum absolute atomic E-state index is 12.3. The molecule has 2 nitrogen and oxygen atoms in total. The number of hydrogen-bond acceptors (Lipinski definition) is 3. The van der Waals surface area contributed by atoms with Crippen molar-refractivity contribution in [1.29, 1.82) is 0 Å². The van der Waals surface area contributed by atoms with Crippen molar-refractivity contribution in [2.45, 2.75) is 13.1 Å². The number of rotatable bonds is 1. The number of aromatic carboxylic acids is 1. The molecule has 1 aromatic carbocycles. The number of aryl methyl sites for hydroxylation is 1. The summed E-state index contributed by atoms with van der Waals surface area (Å²) in [5, 5.41) is 10.7. The number of hydrogen-bond donors (Lipinski definition) is 1. The van der Waals surface area contributed by atoms with Crippen LogP contribution < -0.4 is 0 Å². The summed E-state index contributed by atoms with van der Waals surface area (Å²) in [4.78, 5) is 11.5. The van der Waals surface area contributed by atoms with Gasteiger partial charge in [-0.15, -0.1) is 22.7 Å². The summed E-state index contributed by atoms with van der Waals surface area (Å²) in [5.74, 6) is -0.847. The Hall–Kier alpha value is -1.86. The number of carboxylic acids is 1. The maximum atomic E-state index is 12.3. The second-order valence-electron chi connectivity index (χ2n) is 4.39. The molecular formula is C15H11F3O2S2. The fraction of sp³-hybridized carbons (Fsp3) is 0.133. The first-order valence-corrected chi connectivity index (χ1v) is 7.81. The molecule has 1 N–H and O–H groups in total. The van der Waals surface area contributed by atoms with Gasteiger partial charge in [-0.3, -0.25) is 0 Å². The summed E-state index contributed by atoms with van der Waals surface area (Å²) < 4.78 is 37.9. The number of carboxylic acid groups (broad SMARTS) is 1. The van der Waals surface area contributed by atoms with Gasteiger partial charge in [0.2, 0.25) is 0 Å². The second-order valence-corrected chi connectivity index (χ2v) is 6.63. The zero-order valence-electron chi connectivity index (χ0n) is 11.3. The Balaban J connectivity index is 0.000000188. The van der Waals surface area contributed by atoms with E-state index in [1.165, 1.54) is 34.8 Å². The van der Waals surface area contributed by atoms with Crippen LogP contribution in [0.2, 0.25) is 0 Å². The minimum absolute atomic E-state index is 0.394. The highest BCUT2D eigenvalue weighted by Crippen LogP contribution is 2.33. The lowest BCUT2D eigenvalue weighted by atomic mass is 10.1. The molecule has 0 saturated carbocycles. The molecule has 0 radical (unpaired) electrons. The number of thiophene rings is 2. The molecule has 2 heterocycles. The van der Waals surface area contributed by atoms with Gasteiger partial charge < -0.3 is 5.11 Å². The van der Waals surface area contributed by atoms with Crippen molar-refractivity contribution in [3.05, 3.63) is 57.1 Å². The monoisotopic (exact) mass is 344 g/mol. The molecule has 3 rings (SSSR count). The van der Waals surface area contributed by atoms with Crippen LogP contribution in [0.3, 0.4) is 0 Å². The molecule has 116 valence electrons. The highest BCUT2D eigenvalue weighted by Gasteiger charge is 2.30. The lowest BCUT2D eigenvalue weighted by Gasteiger charge is -2.05. The molecule has 0 unspecified atom stereocenters. The largest absolute Gasteiger partial charge is 0.477 e. The van der Waals surface area contributed by atoms with Crippen LogP contribution in [0.1, 0.15) is 20.1 Å². The topological polar surface area (TPSA) is 37.3 Å². The van der Waals surface area contributed by atoms with Crippen LogP contribution in [0.15, 0.2) is 41.8 Å². The Bertz CT molecular complexity index is 774. The van der Waals surface area contributed by atoms with Gasteiger partial charge in [0.05, 0.1) is 5.56 Å². The van der Waals surface area contributed by atoms with E-state index in [1.807, 2.05) is 6.92 Å². The smallest absolute Gasteiger partial charge is 0.416 e. The van der Waals surface area contributed by atoms with E-state index in [1.54, 1.807) is 23.6 Å².